The highest BCUT2D eigenvalue weighted by Crippen LogP contribution is 2.26. The van der Waals surface area contributed by atoms with Crippen LogP contribution in [0.5, 0.6) is 0 Å². The largest absolute Gasteiger partial charge is 0.322 e. The second-order valence-corrected chi connectivity index (χ2v) is 7.26. The summed E-state index contributed by atoms with van der Waals surface area (Å²) in [5.41, 5.74) is 1.52. The zero-order chi connectivity index (χ0) is 17.7. The van der Waals surface area contributed by atoms with Crippen LogP contribution >= 0.6 is 11.6 Å². The molecule has 0 aliphatic heterocycles. The molecule has 2 N–H and O–H groups in total. The van der Waals surface area contributed by atoms with Crippen molar-refractivity contribution in [1.29, 1.82) is 5.26 Å². The van der Waals surface area contributed by atoms with Gasteiger partial charge in [0.1, 0.15) is 0 Å². The summed E-state index contributed by atoms with van der Waals surface area (Å²) in [7, 11) is -3.43. The molecule has 1 amide bonds. The number of amides is 1. The van der Waals surface area contributed by atoms with Gasteiger partial charge in [0.05, 0.1) is 28.1 Å². The van der Waals surface area contributed by atoms with E-state index in [2.05, 4.69) is 10.0 Å². The minimum Gasteiger partial charge on any atom is -0.322 e. The van der Waals surface area contributed by atoms with Crippen molar-refractivity contribution >= 4 is 38.9 Å². The number of nitrogens with one attached hydrogen (secondary N) is 2. The van der Waals surface area contributed by atoms with Crippen LogP contribution in [0.3, 0.4) is 0 Å². The van der Waals surface area contributed by atoms with Crippen molar-refractivity contribution < 1.29 is 13.2 Å². The van der Waals surface area contributed by atoms with Crippen LogP contribution in [0.25, 0.3) is 0 Å². The standard InChI is InChI=1S/C16H14ClN3O3S/c1-2-24(22,23)20-15-8-7-13(9-14(15)17)19-16(21)12-5-3-11(10-18)4-6-12/h3-9,20H,2H2,1H3,(H,19,21). The van der Waals surface area contributed by atoms with Gasteiger partial charge in [0.15, 0.2) is 0 Å². The second-order valence-electron chi connectivity index (χ2n) is 4.84. The number of carbonyl (C=O) groups is 1. The second kappa shape index (κ2) is 7.34. The van der Waals surface area contributed by atoms with Gasteiger partial charge in [0.2, 0.25) is 10.0 Å². The van der Waals surface area contributed by atoms with E-state index in [1.807, 2.05) is 6.07 Å². The third-order valence-corrected chi connectivity index (χ3v) is 4.75. The van der Waals surface area contributed by atoms with Gasteiger partial charge in [0.25, 0.3) is 5.91 Å². The number of sulfonamides is 1. The maximum atomic E-state index is 12.1. The Morgan fingerprint density at radius 1 is 1.21 bits per heavy atom. The van der Waals surface area contributed by atoms with Crippen LogP contribution in [0.1, 0.15) is 22.8 Å². The molecular weight excluding hydrogens is 350 g/mol. The molecule has 0 spiro atoms. The zero-order valence-corrected chi connectivity index (χ0v) is 14.3. The summed E-state index contributed by atoms with van der Waals surface area (Å²) >= 11 is 6.05. The highest BCUT2D eigenvalue weighted by Gasteiger charge is 2.11. The summed E-state index contributed by atoms with van der Waals surface area (Å²) in [6.07, 6.45) is 0. The number of nitriles is 1. The van der Waals surface area contributed by atoms with Gasteiger partial charge >= 0.3 is 0 Å². The van der Waals surface area contributed by atoms with Crippen molar-refractivity contribution in [3.05, 3.63) is 58.6 Å². The highest BCUT2D eigenvalue weighted by atomic mass is 35.5. The zero-order valence-electron chi connectivity index (χ0n) is 12.7. The molecule has 24 heavy (non-hydrogen) atoms. The normalized spacial score (nSPS) is 10.7. The Morgan fingerprint density at radius 3 is 2.42 bits per heavy atom. The van der Waals surface area contributed by atoms with E-state index in [9.17, 15) is 13.2 Å². The van der Waals surface area contributed by atoms with Gasteiger partial charge in [0, 0.05) is 11.3 Å². The lowest BCUT2D eigenvalue weighted by Gasteiger charge is -2.10. The first kappa shape index (κ1) is 17.8. The summed E-state index contributed by atoms with van der Waals surface area (Å²) in [6.45, 7) is 1.52. The van der Waals surface area contributed by atoms with Crippen LogP contribution in [-0.2, 0) is 10.0 Å². The van der Waals surface area contributed by atoms with Crippen molar-refractivity contribution in [2.75, 3.05) is 15.8 Å². The summed E-state index contributed by atoms with van der Waals surface area (Å²) < 4.78 is 25.5. The Balaban J connectivity index is 2.14. The molecule has 0 saturated heterocycles. The number of hydrogen-bond acceptors (Lipinski definition) is 4. The molecule has 0 radical (unpaired) electrons. The first-order valence-electron chi connectivity index (χ1n) is 6.96. The molecule has 2 aromatic rings. The first-order chi connectivity index (χ1) is 11.3. The number of hydrogen-bond donors (Lipinski definition) is 2. The molecule has 0 heterocycles. The number of benzene rings is 2. The van der Waals surface area contributed by atoms with Crippen molar-refractivity contribution in [2.45, 2.75) is 6.92 Å². The minimum absolute atomic E-state index is 0.0689. The number of nitrogens with zero attached hydrogens (tertiary/aromatic N) is 1. The lowest BCUT2D eigenvalue weighted by molar-refractivity contribution is 0.102. The van der Waals surface area contributed by atoms with E-state index in [-0.39, 0.29) is 22.4 Å². The molecule has 0 aliphatic rings. The smallest absolute Gasteiger partial charge is 0.255 e. The molecule has 0 bridgehead atoms. The molecule has 2 rings (SSSR count). The van der Waals surface area contributed by atoms with Gasteiger partial charge in [-0.1, -0.05) is 11.6 Å². The molecule has 8 heteroatoms. The SMILES string of the molecule is CCS(=O)(=O)Nc1ccc(NC(=O)c2ccc(C#N)cc2)cc1Cl. The summed E-state index contributed by atoms with van der Waals surface area (Å²) in [5, 5.41) is 11.6. The first-order valence-corrected chi connectivity index (χ1v) is 8.99. The summed E-state index contributed by atoms with van der Waals surface area (Å²) in [5.74, 6) is -0.432. The predicted octanol–water partition coefficient (Wildman–Crippen LogP) is 3.23. The Bertz CT molecular complexity index is 903. The van der Waals surface area contributed by atoms with E-state index < -0.39 is 10.0 Å². The van der Waals surface area contributed by atoms with Crippen molar-refractivity contribution in [3.8, 4) is 6.07 Å². The van der Waals surface area contributed by atoms with Gasteiger partial charge in [-0.05, 0) is 49.4 Å². The van der Waals surface area contributed by atoms with E-state index in [0.29, 0.717) is 16.8 Å². The number of halogens is 1. The minimum atomic E-state index is -3.43. The lowest BCUT2D eigenvalue weighted by atomic mass is 10.1. The predicted molar refractivity (Wildman–Crippen MR) is 93.6 cm³/mol. The molecule has 0 atom stereocenters. The Morgan fingerprint density at radius 2 is 1.88 bits per heavy atom. The topological polar surface area (TPSA) is 99.1 Å². The Labute approximate surface area is 145 Å². The molecular formula is C16H14ClN3O3S. The van der Waals surface area contributed by atoms with Crippen LogP contribution in [0.15, 0.2) is 42.5 Å². The number of rotatable bonds is 5. The third kappa shape index (κ3) is 4.47. The van der Waals surface area contributed by atoms with Gasteiger partial charge in [-0.2, -0.15) is 5.26 Å². The third-order valence-electron chi connectivity index (χ3n) is 3.15. The van der Waals surface area contributed by atoms with Crippen LogP contribution in [0.2, 0.25) is 5.02 Å². The lowest BCUT2D eigenvalue weighted by Crippen LogP contribution is -2.15. The Kier molecular flexibility index (Phi) is 5.44. The molecule has 0 saturated carbocycles. The molecule has 2 aromatic carbocycles. The van der Waals surface area contributed by atoms with E-state index >= 15 is 0 Å². The fraction of sp³-hybridized carbons (Fsp3) is 0.125. The average molecular weight is 364 g/mol. The van der Waals surface area contributed by atoms with Gasteiger partial charge < -0.3 is 5.32 Å². The summed E-state index contributed by atoms with van der Waals surface area (Å²) in [6, 6.07) is 12.6. The van der Waals surface area contributed by atoms with Crippen LogP contribution in [0, 0.1) is 11.3 Å². The van der Waals surface area contributed by atoms with E-state index in [1.54, 1.807) is 30.3 Å². The summed E-state index contributed by atoms with van der Waals surface area (Å²) in [4.78, 5) is 12.1. The molecule has 6 nitrogen and oxygen atoms in total. The molecule has 0 aromatic heterocycles. The maximum Gasteiger partial charge on any atom is 0.255 e. The average Bonchev–Trinajstić information content (AvgIpc) is 2.57. The van der Waals surface area contributed by atoms with E-state index in [1.165, 1.54) is 19.1 Å². The fourth-order valence-corrected chi connectivity index (χ4v) is 2.76. The van der Waals surface area contributed by atoms with E-state index in [4.69, 9.17) is 16.9 Å². The van der Waals surface area contributed by atoms with Crippen LogP contribution in [-0.4, -0.2) is 20.1 Å². The molecule has 0 unspecified atom stereocenters. The van der Waals surface area contributed by atoms with E-state index in [0.717, 1.165) is 0 Å². The van der Waals surface area contributed by atoms with Crippen molar-refractivity contribution in [1.82, 2.24) is 0 Å². The molecule has 0 fully saturated rings. The maximum absolute atomic E-state index is 12.1. The number of anilines is 2. The Hall–Kier alpha value is -2.56. The number of carbonyl (C=O) groups excluding carboxylic acids is 1. The fourth-order valence-electron chi connectivity index (χ4n) is 1.81. The highest BCUT2D eigenvalue weighted by molar-refractivity contribution is 7.92. The van der Waals surface area contributed by atoms with Crippen molar-refractivity contribution in [3.63, 3.8) is 0 Å². The van der Waals surface area contributed by atoms with Crippen LogP contribution < -0.4 is 10.0 Å². The van der Waals surface area contributed by atoms with Gasteiger partial charge in [-0.3, -0.25) is 9.52 Å². The molecule has 0 aliphatic carbocycles. The monoisotopic (exact) mass is 363 g/mol. The quantitative estimate of drug-likeness (QED) is 0.851. The molecule has 124 valence electrons. The van der Waals surface area contributed by atoms with Gasteiger partial charge in [-0.15, -0.1) is 0 Å². The van der Waals surface area contributed by atoms with Crippen molar-refractivity contribution in [2.24, 2.45) is 0 Å². The van der Waals surface area contributed by atoms with Gasteiger partial charge in [-0.25, -0.2) is 8.42 Å². The van der Waals surface area contributed by atoms with Crippen LogP contribution in [0.4, 0.5) is 11.4 Å².